The first-order valence-corrected chi connectivity index (χ1v) is 5.00. The lowest BCUT2D eigenvalue weighted by atomic mass is 11.0. The third-order valence-corrected chi connectivity index (χ3v) is 0. The van der Waals surface area contributed by atoms with E-state index in [1.54, 1.807) is 0 Å². The van der Waals surface area contributed by atoms with Crippen LogP contribution >= 0.6 is 0 Å². The van der Waals surface area contributed by atoms with Gasteiger partial charge in [0.25, 0.3) is 0 Å². The second-order valence-corrected chi connectivity index (χ2v) is 0. The van der Waals surface area contributed by atoms with E-state index in [9.17, 15) is 0 Å². The molecule has 0 heterocycles. The third-order valence-electron chi connectivity index (χ3n) is 0. The van der Waals surface area contributed by atoms with Crippen molar-refractivity contribution >= 4 is 0 Å². The molecule has 0 aromatic heterocycles. The largest absolute Gasteiger partial charge is 0.0776 e. The summed E-state index contributed by atoms with van der Waals surface area (Å²) in [5.41, 5.74) is 0. The van der Waals surface area contributed by atoms with Crippen molar-refractivity contribution in [3.63, 3.8) is 0 Å². The van der Waals surface area contributed by atoms with Crippen LogP contribution in [0.4, 0.5) is 0 Å². The maximum absolute atomic E-state index is 2.00. The van der Waals surface area contributed by atoms with Crippen molar-refractivity contribution in [1.29, 1.82) is 0 Å². The zero-order chi connectivity index (χ0) is 10.0. The maximum Gasteiger partial charge on any atom is 0 e. The topological polar surface area (TPSA) is 0 Å². The van der Waals surface area contributed by atoms with E-state index < -0.39 is 0 Å². The minimum atomic E-state index is 0. The van der Waals surface area contributed by atoms with Crippen LogP contribution in [0.1, 0.15) is 78.1 Å². The lowest BCUT2D eigenvalue weighted by molar-refractivity contribution is 1.50. The lowest BCUT2D eigenvalue weighted by Crippen LogP contribution is -0.856. The molecule has 0 aliphatic rings. The van der Waals surface area contributed by atoms with Crippen molar-refractivity contribution in [2.45, 2.75) is 76.7 Å². The minimum absolute atomic E-state index is 0. The molecule has 0 saturated heterocycles. The van der Waals surface area contributed by atoms with E-state index in [4.69, 9.17) is 0 Å². The van der Waals surface area contributed by atoms with Crippen molar-refractivity contribution in [3.05, 3.63) is 0 Å². The van der Waals surface area contributed by atoms with Crippen LogP contribution in [-0.4, -0.2) is 0 Å². The van der Waals surface area contributed by atoms with Crippen LogP contribution in [0.5, 0.6) is 0 Å². The predicted octanol–water partition coefficient (Wildman–Crippen LogP) is 6.01. The highest BCUT2D eigenvalue weighted by Crippen LogP contribution is 1.15. The molecule has 0 spiro atoms. The van der Waals surface area contributed by atoms with Gasteiger partial charge in [-0.15, -0.1) is 0 Å². The monoisotopic (exact) mass is 168 g/mol. The van der Waals surface area contributed by atoms with Crippen LogP contribution in [0, 0.1) is 0 Å². The summed E-state index contributed by atoms with van der Waals surface area (Å²) >= 11 is 0. The molecule has 0 rings (SSSR count). The van der Waals surface area contributed by atoms with Gasteiger partial charge in [-0.2, -0.15) is 0 Å². The molecule has 0 unspecified atom stereocenters. The standard InChI is InChI=1S/5C2H6.CH4.H2/c5*1-2;;/h5*1-2H3;1H4;1H. The van der Waals surface area contributed by atoms with Gasteiger partial charge in [0.15, 0.2) is 0 Å². The summed E-state index contributed by atoms with van der Waals surface area (Å²) in [5.74, 6) is 0. The first-order valence-electron chi connectivity index (χ1n) is 5.00. The van der Waals surface area contributed by atoms with Crippen molar-refractivity contribution in [3.8, 4) is 0 Å². The second-order valence-electron chi connectivity index (χ2n) is 0. The number of hydrogen-bond acceptors (Lipinski definition) is 0. The van der Waals surface area contributed by atoms with Gasteiger partial charge in [-0.1, -0.05) is 76.7 Å². The first-order chi connectivity index (χ1) is 5.00. The Morgan fingerprint density at radius 1 is 0.364 bits per heavy atom. The van der Waals surface area contributed by atoms with Crippen LogP contribution < -0.4 is 0 Å². The van der Waals surface area contributed by atoms with Gasteiger partial charge >= 0.3 is 0 Å². The van der Waals surface area contributed by atoms with Gasteiger partial charge in [0.05, 0.1) is 0 Å². The summed E-state index contributed by atoms with van der Waals surface area (Å²) < 4.78 is 0. The first kappa shape index (κ1) is 44.0. The summed E-state index contributed by atoms with van der Waals surface area (Å²) in [5, 5.41) is 0. The van der Waals surface area contributed by atoms with E-state index in [-0.39, 0.29) is 8.85 Å². The Balaban J connectivity index is -0.00000000500. The molecule has 0 aliphatic heterocycles. The minimum Gasteiger partial charge on any atom is -0.0776 e. The molecule has 0 bridgehead atoms. The molecule has 0 radical (unpaired) electrons. The van der Waals surface area contributed by atoms with Gasteiger partial charge < -0.3 is 0 Å². The average Bonchev–Trinajstić information content (AvgIpc) is 2.20. The Morgan fingerprint density at radius 2 is 0.364 bits per heavy atom. The molecule has 0 heteroatoms. The number of rotatable bonds is 0. The third kappa shape index (κ3) is 0. The summed E-state index contributed by atoms with van der Waals surface area (Å²) in [6.45, 7) is 20.0. The highest BCUT2D eigenvalue weighted by Gasteiger charge is 0.940. The fraction of sp³-hybridized carbons (Fsp3) is 1.00. The van der Waals surface area contributed by atoms with Gasteiger partial charge in [-0.25, -0.2) is 0 Å². The molecule has 80 valence electrons. The Labute approximate surface area is 78.9 Å². The summed E-state index contributed by atoms with van der Waals surface area (Å²) in [4.78, 5) is 0. The fourth-order valence-electron chi connectivity index (χ4n) is 0. The quantitative estimate of drug-likeness (QED) is 0.415. The Morgan fingerprint density at radius 3 is 0.364 bits per heavy atom. The molecular weight excluding hydrogens is 132 g/mol. The van der Waals surface area contributed by atoms with E-state index in [1.165, 1.54) is 0 Å². The molecule has 0 saturated carbocycles. The number of hydrogen-bond donors (Lipinski definition) is 0. The van der Waals surface area contributed by atoms with Gasteiger partial charge in [0.2, 0.25) is 0 Å². The average molecular weight is 168 g/mol. The van der Waals surface area contributed by atoms with E-state index in [1.807, 2.05) is 69.2 Å². The molecule has 0 atom stereocenters. The van der Waals surface area contributed by atoms with Gasteiger partial charge in [0.1, 0.15) is 0 Å². The molecule has 0 fully saturated rings. The highest BCUT2D eigenvalue weighted by molar-refractivity contribution is 3.51. The second kappa shape index (κ2) is 0. The maximum atomic E-state index is 2.00. The molecule has 0 aromatic rings. The van der Waals surface area contributed by atoms with Crippen LogP contribution in [0.3, 0.4) is 0 Å². The molecule has 11 heavy (non-hydrogen) atoms. The molecule has 0 aliphatic carbocycles. The predicted molar refractivity (Wildman–Crippen MR) is 65.6 cm³/mol. The van der Waals surface area contributed by atoms with Crippen LogP contribution in [0.25, 0.3) is 0 Å². The molecule has 0 amide bonds. The molecule has 0 N–H and O–H groups in total. The zero-order valence-corrected chi connectivity index (χ0v) is 10.0. The normalized spacial score (nSPS) is 2.73. The van der Waals surface area contributed by atoms with Crippen molar-refractivity contribution < 1.29 is 1.43 Å². The van der Waals surface area contributed by atoms with Gasteiger partial charge in [0, 0.05) is 1.43 Å². The summed E-state index contributed by atoms with van der Waals surface area (Å²) in [7, 11) is 0. The molecular formula is C11H36. The van der Waals surface area contributed by atoms with Crippen molar-refractivity contribution in [2.75, 3.05) is 0 Å². The van der Waals surface area contributed by atoms with Crippen LogP contribution in [0.15, 0.2) is 0 Å². The smallest absolute Gasteiger partial charge is 0 e. The van der Waals surface area contributed by atoms with Gasteiger partial charge in [-0.05, 0) is 0 Å². The van der Waals surface area contributed by atoms with E-state index in [0.29, 0.717) is 0 Å². The zero-order valence-electron chi connectivity index (χ0n) is 10.0. The highest BCUT2D eigenvalue weighted by atomic mass is 13.0. The van der Waals surface area contributed by atoms with Crippen molar-refractivity contribution in [2.24, 2.45) is 0 Å². The Kier molecular flexibility index (Phi) is 0. The summed E-state index contributed by atoms with van der Waals surface area (Å²) in [6, 6.07) is 0. The van der Waals surface area contributed by atoms with Crippen molar-refractivity contribution in [1.82, 2.24) is 0 Å². The fourth-order valence-corrected chi connectivity index (χ4v) is 0. The Hall–Kier alpha value is 0. The SMILES string of the molecule is C.CC.CC.CC.CC.CC.[HH]. The van der Waals surface area contributed by atoms with E-state index >= 15 is 0 Å². The summed E-state index contributed by atoms with van der Waals surface area (Å²) in [6.07, 6.45) is 0. The Bertz CT molecular complexity index is 4.97. The molecule has 0 aromatic carbocycles. The molecule has 0 nitrogen and oxygen atoms in total. The van der Waals surface area contributed by atoms with E-state index in [2.05, 4.69) is 0 Å². The van der Waals surface area contributed by atoms with E-state index in [0.717, 1.165) is 0 Å². The van der Waals surface area contributed by atoms with Crippen LogP contribution in [-0.2, 0) is 0 Å². The van der Waals surface area contributed by atoms with Gasteiger partial charge in [-0.3, -0.25) is 0 Å². The lowest BCUT2D eigenvalue weighted by Gasteiger charge is -1.07. The van der Waals surface area contributed by atoms with Crippen LogP contribution in [0.2, 0.25) is 0 Å².